The molecule has 1 N–H and O–H groups in total. The number of aliphatic hydroxyl groups excluding tert-OH is 1. The normalized spacial score (nSPS) is 14.2. The predicted octanol–water partition coefficient (Wildman–Crippen LogP) is 3.86. The van der Waals surface area contributed by atoms with Crippen LogP contribution in [0.3, 0.4) is 0 Å². The van der Waals surface area contributed by atoms with Crippen LogP contribution < -0.4 is 0 Å². The first kappa shape index (κ1) is 12.4. The maximum Gasteiger partial charge on any atom is 0.199 e. The van der Waals surface area contributed by atoms with E-state index in [1.54, 1.807) is 24.3 Å². The van der Waals surface area contributed by atoms with E-state index in [4.69, 9.17) is 0 Å². The van der Waals surface area contributed by atoms with E-state index < -0.39 is 0 Å². The lowest BCUT2D eigenvalue weighted by Gasteiger charge is -1.96. The molecule has 98 valence electrons. The first-order valence-corrected chi connectivity index (χ1v) is 6.35. The average molecular weight is 263 g/mol. The number of fused-ring (bicyclic) bond motifs is 1. The van der Waals surface area contributed by atoms with Crippen LogP contribution >= 0.6 is 0 Å². The van der Waals surface area contributed by atoms with Crippen molar-refractivity contribution >= 4 is 23.4 Å². The highest BCUT2D eigenvalue weighted by Gasteiger charge is 2.27. The number of nitrogens with zero attached hydrogens (tertiary/aromatic N) is 1. The second-order valence-electron chi connectivity index (χ2n) is 4.73. The van der Waals surface area contributed by atoms with Gasteiger partial charge in [-0.3, -0.25) is 9.79 Å². The minimum Gasteiger partial charge on any atom is -0.506 e. The van der Waals surface area contributed by atoms with Gasteiger partial charge in [0.1, 0.15) is 5.76 Å². The zero-order chi connectivity index (χ0) is 14.1. The van der Waals surface area contributed by atoms with Gasteiger partial charge in [0.05, 0.1) is 11.3 Å². The van der Waals surface area contributed by atoms with Crippen molar-refractivity contribution in [3.63, 3.8) is 0 Å². The number of carbonyl (C=O) groups excluding carboxylic acids is 1. The third-order valence-corrected chi connectivity index (χ3v) is 3.30. The summed E-state index contributed by atoms with van der Waals surface area (Å²) in [6, 6.07) is 14.7. The van der Waals surface area contributed by atoms with E-state index in [1.807, 2.05) is 31.2 Å². The summed E-state index contributed by atoms with van der Waals surface area (Å²) in [6.45, 7) is 2.00. The van der Waals surface area contributed by atoms with Gasteiger partial charge in [-0.05, 0) is 19.1 Å². The Balaban J connectivity index is 1.94. The first-order valence-electron chi connectivity index (χ1n) is 6.35. The van der Waals surface area contributed by atoms with Gasteiger partial charge in [-0.25, -0.2) is 0 Å². The molecule has 0 fully saturated rings. The maximum absolute atomic E-state index is 12.2. The van der Waals surface area contributed by atoms with Gasteiger partial charge in [-0.2, -0.15) is 0 Å². The molecule has 3 rings (SSSR count). The highest BCUT2D eigenvalue weighted by atomic mass is 16.3. The first-order chi connectivity index (χ1) is 9.66. The smallest absolute Gasteiger partial charge is 0.199 e. The molecule has 0 unspecified atom stereocenters. The second kappa shape index (κ2) is 4.78. The van der Waals surface area contributed by atoms with Crippen LogP contribution in [0.2, 0.25) is 0 Å². The van der Waals surface area contributed by atoms with E-state index in [0.717, 1.165) is 11.3 Å². The van der Waals surface area contributed by atoms with Gasteiger partial charge < -0.3 is 5.11 Å². The molecule has 0 spiro atoms. The summed E-state index contributed by atoms with van der Waals surface area (Å²) in [5, 5.41) is 10.1. The molecule has 0 atom stereocenters. The van der Waals surface area contributed by atoms with Crippen LogP contribution in [0.5, 0.6) is 0 Å². The Morgan fingerprint density at radius 2 is 1.65 bits per heavy atom. The Labute approximate surface area is 116 Å². The molecule has 3 nitrogen and oxygen atoms in total. The van der Waals surface area contributed by atoms with Crippen molar-refractivity contribution in [1.29, 1.82) is 0 Å². The van der Waals surface area contributed by atoms with Gasteiger partial charge in [-0.15, -0.1) is 0 Å². The molecule has 0 radical (unpaired) electrons. The fourth-order valence-electron chi connectivity index (χ4n) is 2.18. The molecule has 0 aliphatic heterocycles. The van der Waals surface area contributed by atoms with Crippen molar-refractivity contribution in [3.8, 4) is 0 Å². The number of aliphatic hydroxyl groups is 1. The summed E-state index contributed by atoms with van der Waals surface area (Å²) in [5.41, 5.74) is 3.24. The van der Waals surface area contributed by atoms with Crippen molar-refractivity contribution in [2.45, 2.75) is 6.92 Å². The number of rotatable bonds is 2. The highest BCUT2D eigenvalue weighted by Crippen LogP contribution is 2.30. The number of ketones is 1. The number of hydrogen-bond acceptors (Lipinski definition) is 3. The van der Waals surface area contributed by atoms with E-state index in [-0.39, 0.29) is 17.1 Å². The third-order valence-electron chi connectivity index (χ3n) is 3.30. The van der Waals surface area contributed by atoms with Crippen LogP contribution in [0.1, 0.15) is 21.5 Å². The molecular weight excluding hydrogens is 250 g/mol. The Bertz CT molecular complexity index is 740. The van der Waals surface area contributed by atoms with E-state index in [2.05, 4.69) is 4.99 Å². The summed E-state index contributed by atoms with van der Waals surface area (Å²) >= 11 is 0. The predicted molar refractivity (Wildman–Crippen MR) is 79.7 cm³/mol. The van der Waals surface area contributed by atoms with Crippen LogP contribution in [0.25, 0.3) is 5.76 Å². The quantitative estimate of drug-likeness (QED) is 0.836. The molecule has 0 saturated carbocycles. The van der Waals surface area contributed by atoms with Crippen molar-refractivity contribution in [3.05, 3.63) is 70.8 Å². The maximum atomic E-state index is 12.2. The zero-order valence-electron chi connectivity index (χ0n) is 11.0. The SMILES string of the molecule is Cc1ccc(N=CC2=C(O)c3ccccc3C2=O)cc1. The fourth-order valence-corrected chi connectivity index (χ4v) is 2.18. The third kappa shape index (κ3) is 2.03. The van der Waals surface area contributed by atoms with Crippen molar-refractivity contribution in [2.24, 2.45) is 4.99 Å². The van der Waals surface area contributed by atoms with E-state index in [9.17, 15) is 9.90 Å². The van der Waals surface area contributed by atoms with Crippen LogP contribution in [0.4, 0.5) is 5.69 Å². The number of aryl methyl sites for hydroxylation is 1. The number of aliphatic imine (C=N–C) groups is 1. The van der Waals surface area contributed by atoms with Crippen LogP contribution in [-0.4, -0.2) is 17.1 Å². The highest BCUT2D eigenvalue weighted by molar-refractivity contribution is 6.30. The monoisotopic (exact) mass is 263 g/mol. The minimum atomic E-state index is -0.186. The largest absolute Gasteiger partial charge is 0.506 e. The molecule has 0 bridgehead atoms. The molecule has 3 heteroatoms. The second-order valence-corrected chi connectivity index (χ2v) is 4.73. The lowest BCUT2D eigenvalue weighted by Crippen LogP contribution is -1.99. The van der Waals surface area contributed by atoms with Crippen molar-refractivity contribution in [2.75, 3.05) is 0 Å². The number of Topliss-reactive ketones (excluding diaryl/α,β-unsaturated/α-hetero) is 1. The average Bonchev–Trinajstić information content (AvgIpc) is 2.71. The molecule has 1 aliphatic carbocycles. The zero-order valence-corrected chi connectivity index (χ0v) is 11.0. The molecular formula is C17H13NO2. The van der Waals surface area contributed by atoms with E-state index >= 15 is 0 Å². The lowest BCUT2D eigenvalue weighted by molar-refractivity contribution is 0.104. The van der Waals surface area contributed by atoms with E-state index in [0.29, 0.717) is 11.1 Å². The molecule has 0 heterocycles. The van der Waals surface area contributed by atoms with Crippen molar-refractivity contribution < 1.29 is 9.90 Å². The van der Waals surface area contributed by atoms with Gasteiger partial charge in [0, 0.05) is 17.3 Å². The molecule has 1 aliphatic rings. The number of hydrogen-bond donors (Lipinski definition) is 1. The Morgan fingerprint density at radius 1 is 1.00 bits per heavy atom. The Hall–Kier alpha value is -2.68. The summed E-state index contributed by atoms with van der Waals surface area (Å²) in [4.78, 5) is 16.4. The van der Waals surface area contributed by atoms with Gasteiger partial charge >= 0.3 is 0 Å². The topological polar surface area (TPSA) is 49.7 Å². The number of allylic oxidation sites excluding steroid dienone is 1. The molecule has 0 amide bonds. The standard InChI is InChI=1S/C17H13NO2/c1-11-6-8-12(9-7-11)18-10-15-16(19)13-4-2-3-5-14(13)17(15)20/h2-10,19H,1H3. The van der Waals surface area contributed by atoms with Gasteiger partial charge in [0.25, 0.3) is 0 Å². The summed E-state index contributed by atoms with van der Waals surface area (Å²) in [7, 11) is 0. The molecule has 2 aromatic carbocycles. The molecule has 2 aromatic rings. The lowest BCUT2D eigenvalue weighted by atomic mass is 10.1. The minimum absolute atomic E-state index is 0.00135. The van der Waals surface area contributed by atoms with Gasteiger partial charge in [-0.1, -0.05) is 42.0 Å². The Kier molecular flexibility index (Phi) is 2.95. The molecule has 0 saturated heterocycles. The fraction of sp³-hybridized carbons (Fsp3) is 0.0588. The number of benzene rings is 2. The summed E-state index contributed by atoms with van der Waals surface area (Å²) < 4.78 is 0. The van der Waals surface area contributed by atoms with Crippen molar-refractivity contribution in [1.82, 2.24) is 0 Å². The molecule has 20 heavy (non-hydrogen) atoms. The van der Waals surface area contributed by atoms with Crippen LogP contribution in [0.15, 0.2) is 59.1 Å². The summed E-state index contributed by atoms with van der Waals surface area (Å²) in [6.07, 6.45) is 1.43. The Morgan fingerprint density at radius 3 is 2.30 bits per heavy atom. The van der Waals surface area contributed by atoms with Gasteiger partial charge in [0.2, 0.25) is 0 Å². The van der Waals surface area contributed by atoms with Gasteiger partial charge in [0.15, 0.2) is 5.78 Å². The molecule has 0 aromatic heterocycles. The van der Waals surface area contributed by atoms with Crippen LogP contribution in [0, 0.1) is 6.92 Å². The van der Waals surface area contributed by atoms with Crippen LogP contribution in [-0.2, 0) is 0 Å². The number of carbonyl (C=O) groups is 1. The summed E-state index contributed by atoms with van der Waals surface area (Å²) in [5.74, 6) is -0.185. The van der Waals surface area contributed by atoms with E-state index in [1.165, 1.54) is 6.21 Å².